The Morgan fingerprint density at radius 3 is 2.62 bits per heavy atom. The van der Waals surface area contributed by atoms with Crippen LogP contribution in [0.3, 0.4) is 0 Å². The number of hydrazine groups is 1. The Morgan fingerprint density at radius 2 is 1.95 bits per heavy atom. The molecule has 0 spiro atoms. The van der Waals surface area contributed by atoms with Gasteiger partial charge in [0.25, 0.3) is 0 Å². The summed E-state index contributed by atoms with van der Waals surface area (Å²) in [6, 6.07) is 10.4. The molecule has 2 rings (SSSR count). The molecule has 0 bridgehead atoms. The van der Waals surface area contributed by atoms with Gasteiger partial charge in [-0.05, 0) is 17.5 Å². The Labute approximate surface area is 125 Å². The first-order chi connectivity index (χ1) is 10.0. The molecule has 0 saturated heterocycles. The highest BCUT2D eigenvalue weighted by atomic mass is 16.5. The number of carbonyl (C=O) groups is 1. The van der Waals surface area contributed by atoms with E-state index in [4.69, 9.17) is 4.74 Å². The Hall–Kier alpha value is -1.85. The van der Waals surface area contributed by atoms with Gasteiger partial charge in [0, 0.05) is 38.9 Å². The molecule has 0 N–H and O–H groups in total. The second-order valence-electron chi connectivity index (χ2n) is 5.34. The van der Waals surface area contributed by atoms with Crippen LogP contribution in [0.25, 0.3) is 10.9 Å². The molecular formula is C16H23N3O2. The molecule has 2 aromatic rings. The van der Waals surface area contributed by atoms with Gasteiger partial charge in [0.15, 0.2) is 0 Å². The number of para-hydroxylation sites is 1. The third kappa shape index (κ3) is 3.62. The van der Waals surface area contributed by atoms with Crippen molar-refractivity contribution in [3.8, 4) is 0 Å². The number of fused-ring (bicyclic) bond motifs is 1. The number of rotatable bonds is 6. The Kier molecular flexibility index (Phi) is 4.98. The summed E-state index contributed by atoms with van der Waals surface area (Å²) in [6.45, 7) is 1.43. The first kappa shape index (κ1) is 15.5. The van der Waals surface area contributed by atoms with Crippen molar-refractivity contribution in [1.29, 1.82) is 0 Å². The topological polar surface area (TPSA) is 37.7 Å². The van der Waals surface area contributed by atoms with Crippen LogP contribution >= 0.6 is 0 Å². The van der Waals surface area contributed by atoms with E-state index >= 15 is 0 Å². The number of ether oxygens (including phenoxy) is 1. The minimum absolute atomic E-state index is 0.181. The van der Waals surface area contributed by atoms with Crippen LogP contribution < -0.4 is 0 Å². The third-order valence-corrected chi connectivity index (χ3v) is 3.74. The smallest absolute Gasteiger partial charge is 0.307 e. The summed E-state index contributed by atoms with van der Waals surface area (Å²) in [5.74, 6) is -0.181. The lowest BCUT2D eigenvalue weighted by atomic mass is 10.2. The van der Waals surface area contributed by atoms with Crippen molar-refractivity contribution in [2.75, 3.05) is 28.3 Å². The fourth-order valence-corrected chi connectivity index (χ4v) is 2.34. The summed E-state index contributed by atoms with van der Waals surface area (Å²) in [7, 11) is 7.50. The number of hydrogen-bond donors (Lipinski definition) is 0. The summed E-state index contributed by atoms with van der Waals surface area (Å²) in [6.07, 6.45) is 0.383. The van der Waals surface area contributed by atoms with E-state index in [-0.39, 0.29) is 5.97 Å². The van der Waals surface area contributed by atoms with Gasteiger partial charge in [-0.25, -0.2) is 10.0 Å². The van der Waals surface area contributed by atoms with Crippen molar-refractivity contribution in [1.82, 2.24) is 14.6 Å². The first-order valence-corrected chi connectivity index (χ1v) is 7.05. The molecule has 1 heterocycles. The molecule has 0 aliphatic carbocycles. The molecule has 1 aromatic carbocycles. The number of carbonyl (C=O) groups excluding carboxylic acids is 1. The van der Waals surface area contributed by atoms with Crippen LogP contribution in [0.15, 0.2) is 30.3 Å². The quantitative estimate of drug-likeness (QED) is 0.603. The zero-order valence-electron chi connectivity index (χ0n) is 13.2. The molecule has 5 nitrogen and oxygen atoms in total. The van der Waals surface area contributed by atoms with E-state index < -0.39 is 0 Å². The molecule has 21 heavy (non-hydrogen) atoms. The molecule has 0 amide bonds. The SMILES string of the molecule is COC(=O)CCn1c(CN(C)N(C)C)cc2ccccc21. The third-order valence-electron chi connectivity index (χ3n) is 3.74. The number of esters is 1. The van der Waals surface area contributed by atoms with Gasteiger partial charge in [-0.1, -0.05) is 18.2 Å². The molecule has 0 aliphatic rings. The molecule has 0 radical (unpaired) electrons. The summed E-state index contributed by atoms with van der Waals surface area (Å²) in [5, 5.41) is 5.37. The van der Waals surface area contributed by atoms with E-state index in [9.17, 15) is 4.79 Å². The monoisotopic (exact) mass is 289 g/mol. The fourth-order valence-electron chi connectivity index (χ4n) is 2.34. The number of aryl methyl sites for hydroxylation is 1. The zero-order valence-corrected chi connectivity index (χ0v) is 13.2. The number of nitrogens with zero attached hydrogens (tertiary/aromatic N) is 3. The molecule has 0 atom stereocenters. The van der Waals surface area contributed by atoms with Crippen molar-refractivity contribution in [2.45, 2.75) is 19.5 Å². The van der Waals surface area contributed by atoms with E-state index in [0.29, 0.717) is 13.0 Å². The standard InChI is InChI=1S/C16H23N3O2/c1-17(2)18(3)12-14-11-13-7-5-6-8-15(13)19(14)10-9-16(20)21-4/h5-8,11H,9-10,12H2,1-4H3. The van der Waals surface area contributed by atoms with Crippen molar-refractivity contribution in [3.05, 3.63) is 36.0 Å². The molecule has 0 fully saturated rings. The van der Waals surface area contributed by atoms with Gasteiger partial charge < -0.3 is 9.30 Å². The summed E-state index contributed by atoms with van der Waals surface area (Å²) in [5.41, 5.74) is 2.35. The minimum Gasteiger partial charge on any atom is -0.469 e. The molecule has 0 unspecified atom stereocenters. The lowest BCUT2D eigenvalue weighted by molar-refractivity contribution is -0.140. The van der Waals surface area contributed by atoms with Gasteiger partial charge in [0.1, 0.15) is 0 Å². The van der Waals surface area contributed by atoms with Crippen molar-refractivity contribution >= 4 is 16.9 Å². The van der Waals surface area contributed by atoms with Gasteiger partial charge in [0.05, 0.1) is 20.1 Å². The average Bonchev–Trinajstić information content (AvgIpc) is 2.81. The van der Waals surface area contributed by atoms with E-state index in [2.05, 4.69) is 27.8 Å². The zero-order chi connectivity index (χ0) is 15.4. The van der Waals surface area contributed by atoms with Gasteiger partial charge in [-0.2, -0.15) is 0 Å². The number of hydrogen-bond acceptors (Lipinski definition) is 4. The predicted octanol–water partition coefficient (Wildman–Crippen LogP) is 2.11. The van der Waals surface area contributed by atoms with Gasteiger partial charge in [-0.3, -0.25) is 4.79 Å². The van der Waals surface area contributed by atoms with Crippen molar-refractivity contribution in [2.24, 2.45) is 0 Å². The first-order valence-electron chi connectivity index (χ1n) is 7.05. The van der Waals surface area contributed by atoms with Crippen LogP contribution in [-0.4, -0.2) is 48.8 Å². The molecule has 0 aliphatic heterocycles. The van der Waals surface area contributed by atoms with Crippen LogP contribution in [0.2, 0.25) is 0 Å². The van der Waals surface area contributed by atoms with Gasteiger partial charge >= 0.3 is 5.97 Å². The largest absolute Gasteiger partial charge is 0.469 e. The Balaban J connectivity index is 2.31. The molecule has 0 saturated carbocycles. The molecule has 114 valence electrons. The number of benzene rings is 1. The van der Waals surface area contributed by atoms with E-state index in [0.717, 1.165) is 12.1 Å². The highest BCUT2D eigenvalue weighted by Gasteiger charge is 2.12. The van der Waals surface area contributed by atoms with E-state index in [1.807, 2.05) is 38.3 Å². The van der Waals surface area contributed by atoms with Crippen LogP contribution in [0.5, 0.6) is 0 Å². The normalized spacial score (nSPS) is 11.5. The van der Waals surface area contributed by atoms with Gasteiger partial charge in [0.2, 0.25) is 0 Å². The average molecular weight is 289 g/mol. The molecule has 5 heteroatoms. The second kappa shape index (κ2) is 6.74. The van der Waals surface area contributed by atoms with Crippen molar-refractivity contribution in [3.63, 3.8) is 0 Å². The van der Waals surface area contributed by atoms with Crippen LogP contribution in [0.4, 0.5) is 0 Å². The summed E-state index contributed by atoms with van der Waals surface area (Å²) in [4.78, 5) is 11.4. The molecule has 1 aromatic heterocycles. The lowest BCUT2D eigenvalue weighted by Gasteiger charge is -2.24. The Bertz CT molecular complexity index is 619. The van der Waals surface area contributed by atoms with Crippen LogP contribution in [0, 0.1) is 0 Å². The van der Waals surface area contributed by atoms with E-state index in [1.54, 1.807) is 0 Å². The summed E-state index contributed by atoms with van der Waals surface area (Å²) < 4.78 is 6.95. The van der Waals surface area contributed by atoms with E-state index in [1.165, 1.54) is 18.2 Å². The number of aromatic nitrogens is 1. The maximum Gasteiger partial charge on any atom is 0.307 e. The molecular weight excluding hydrogens is 266 g/mol. The van der Waals surface area contributed by atoms with Crippen LogP contribution in [-0.2, 0) is 22.6 Å². The Morgan fingerprint density at radius 1 is 1.24 bits per heavy atom. The number of methoxy groups -OCH3 is 1. The second-order valence-corrected chi connectivity index (χ2v) is 5.34. The predicted molar refractivity (Wildman–Crippen MR) is 83.7 cm³/mol. The minimum atomic E-state index is -0.181. The fraction of sp³-hybridized carbons (Fsp3) is 0.438. The maximum atomic E-state index is 11.4. The highest BCUT2D eigenvalue weighted by molar-refractivity contribution is 5.81. The summed E-state index contributed by atoms with van der Waals surface area (Å²) >= 11 is 0. The lowest BCUT2D eigenvalue weighted by Crippen LogP contribution is -2.33. The van der Waals surface area contributed by atoms with Gasteiger partial charge in [-0.15, -0.1) is 0 Å². The van der Waals surface area contributed by atoms with Crippen LogP contribution in [0.1, 0.15) is 12.1 Å². The van der Waals surface area contributed by atoms with Crippen molar-refractivity contribution < 1.29 is 9.53 Å². The maximum absolute atomic E-state index is 11.4. The highest BCUT2D eigenvalue weighted by Crippen LogP contribution is 2.21.